The van der Waals surface area contributed by atoms with E-state index < -0.39 is 0 Å². The van der Waals surface area contributed by atoms with Crippen LogP contribution in [0.3, 0.4) is 0 Å². The molecule has 43 heavy (non-hydrogen) atoms. The Morgan fingerprint density at radius 1 is 0.977 bits per heavy atom. The molecule has 1 unspecified atom stereocenters. The van der Waals surface area contributed by atoms with Gasteiger partial charge in [-0.1, -0.05) is 24.3 Å². The summed E-state index contributed by atoms with van der Waals surface area (Å²) in [6, 6.07) is 21.6. The number of amides is 1. The smallest absolute Gasteiger partial charge is 0.259 e. The Bertz CT molecular complexity index is 1900. The molecule has 1 aliphatic heterocycles. The maximum atomic E-state index is 14.1. The summed E-state index contributed by atoms with van der Waals surface area (Å²) in [5, 5.41) is -0.0499. The highest BCUT2D eigenvalue weighted by atomic mass is 32.2. The lowest BCUT2D eigenvalue weighted by Crippen LogP contribution is -2.35. The number of rotatable bonds is 7. The van der Waals surface area contributed by atoms with Gasteiger partial charge in [0.1, 0.15) is 5.56 Å². The number of aryl methyl sites for hydroxylation is 1. The average Bonchev–Trinajstić information content (AvgIpc) is 3.20. The van der Waals surface area contributed by atoms with Crippen LogP contribution in [-0.2, 0) is 12.8 Å². The second-order valence-corrected chi connectivity index (χ2v) is 11.8. The first-order valence-corrected chi connectivity index (χ1v) is 14.9. The summed E-state index contributed by atoms with van der Waals surface area (Å²) in [7, 11) is 4.95. The Hall–Kier alpha value is -4.63. The number of ether oxygens (including phenoxy) is 2. The van der Waals surface area contributed by atoms with E-state index in [2.05, 4.69) is 32.7 Å². The minimum atomic E-state index is -0.290. The van der Waals surface area contributed by atoms with Crippen LogP contribution in [0.15, 0.2) is 88.8 Å². The van der Waals surface area contributed by atoms with Crippen molar-refractivity contribution in [2.75, 3.05) is 27.8 Å². The van der Waals surface area contributed by atoms with Gasteiger partial charge in [-0.15, -0.1) is 11.8 Å². The van der Waals surface area contributed by atoms with Crippen molar-refractivity contribution in [3.05, 3.63) is 117 Å². The molecule has 2 aromatic heterocycles. The van der Waals surface area contributed by atoms with Crippen LogP contribution in [-0.4, -0.2) is 53.2 Å². The van der Waals surface area contributed by atoms with Gasteiger partial charge in [-0.2, -0.15) is 0 Å². The normalized spacial score (nSPS) is 14.0. The van der Waals surface area contributed by atoms with Gasteiger partial charge in [0.05, 0.1) is 30.9 Å². The number of nitrogens with zero attached hydrogens (tertiary/aromatic N) is 4. The standard InChI is InChI=1S/C34H32N4O4S/c1-21-17-28(39)33(34(40)37(2)16-13-22-9-12-29(41-3)30(18-22)42-4)27-20-32(43-31-8-6-5-7-26(31)38(21)27)23-10-11-24-25(19-23)36-15-14-35-24/h5-12,14-15,17-19,32H,13,16,20H2,1-4H3. The summed E-state index contributed by atoms with van der Waals surface area (Å²) in [4.78, 5) is 39.3. The molecule has 0 saturated heterocycles. The number of para-hydroxylation sites is 1. The minimum absolute atomic E-state index is 0.0499. The molecule has 3 heterocycles. The van der Waals surface area contributed by atoms with Crippen molar-refractivity contribution in [1.29, 1.82) is 0 Å². The maximum Gasteiger partial charge on any atom is 0.259 e. The number of carbonyl (C=O) groups is 1. The predicted molar refractivity (Wildman–Crippen MR) is 169 cm³/mol. The van der Waals surface area contributed by atoms with Crippen molar-refractivity contribution in [3.8, 4) is 17.2 Å². The molecular formula is C34H32N4O4S. The molecule has 1 aliphatic rings. The molecule has 0 spiro atoms. The molecular weight excluding hydrogens is 560 g/mol. The van der Waals surface area contributed by atoms with Crippen molar-refractivity contribution in [2.45, 2.75) is 29.9 Å². The number of likely N-dealkylation sites (N-methyl/N-ethyl adjacent to an activating group) is 1. The second kappa shape index (κ2) is 11.9. The third-order valence-corrected chi connectivity index (χ3v) is 9.18. The summed E-state index contributed by atoms with van der Waals surface area (Å²) in [5.41, 5.74) is 6.12. The van der Waals surface area contributed by atoms with E-state index in [0.717, 1.165) is 44.1 Å². The van der Waals surface area contributed by atoms with Gasteiger partial charge in [-0.25, -0.2) is 0 Å². The summed E-state index contributed by atoms with van der Waals surface area (Å²) in [6.07, 6.45) is 4.46. The molecule has 218 valence electrons. The molecule has 1 atom stereocenters. The lowest BCUT2D eigenvalue weighted by molar-refractivity contribution is 0.0793. The number of aromatic nitrogens is 3. The van der Waals surface area contributed by atoms with Gasteiger partial charge in [0.2, 0.25) is 0 Å². The van der Waals surface area contributed by atoms with E-state index >= 15 is 0 Å². The van der Waals surface area contributed by atoms with Crippen LogP contribution in [0, 0.1) is 6.92 Å². The number of hydrogen-bond donors (Lipinski definition) is 0. The van der Waals surface area contributed by atoms with Crippen molar-refractivity contribution in [3.63, 3.8) is 0 Å². The quantitative estimate of drug-likeness (QED) is 0.236. The first-order chi connectivity index (χ1) is 20.9. The van der Waals surface area contributed by atoms with E-state index in [9.17, 15) is 9.59 Å². The Labute approximate surface area is 254 Å². The number of hydrogen-bond acceptors (Lipinski definition) is 7. The fraction of sp³-hybridized carbons (Fsp3) is 0.235. The fourth-order valence-electron chi connectivity index (χ4n) is 5.65. The maximum absolute atomic E-state index is 14.1. The van der Waals surface area contributed by atoms with Crippen molar-refractivity contribution in [1.82, 2.24) is 19.4 Å². The summed E-state index contributed by atoms with van der Waals surface area (Å²) >= 11 is 1.74. The highest BCUT2D eigenvalue weighted by Crippen LogP contribution is 2.44. The zero-order chi connectivity index (χ0) is 30.1. The van der Waals surface area contributed by atoms with E-state index in [4.69, 9.17) is 9.47 Å². The van der Waals surface area contributed by atoms with Crippen LogP contribution in [0.4, 0.5) is 0 Å². The fourth-order valence-corrected chi connectivity index (χ4v) is 6.92. The van der Waals surface area contributed by atoms with Gasteiger partial charge in [0, 0.05) is 60.0 Å². The molecule has 0 aliphatic carbocycles. The highest BCUT2D eigenvalue weighted by molar-refractivity contribution is 7.99. The largest absolute Gasteiger partial charge is 0.493 e. The molecule has 0 radical (unpaired) electrons. The van der Waals surface area contributed by atoms with E-state index in [1.807, 2.05) is 49.4 Å². The zero-order valence-corrected chi connectivity index (χ0v) is 25.4. The summed E-state index contributed by atoms with van der Waals surface area (Å²) in [5.74, 6) is 0.997. The van der Waals surface area contributed by atoms with E-state index in [-0.39, 0.29) is 22.1 Å². The predicted octanol–water partition coefficient (Wildman–Crippen LogP) is 5.81. The lowest BCUT2D eigenvalue weighted by atomic mass is 10.0. The first kappa shape index (κ1) is 28.5. The Morgan fingerprint density at radius 2 is 1.74 bits per heavy atom. The van der Waals surface area contributed by atoms with Gasteiger partial charge in [-0.3, -0.25) is 19.6 Å². The highest BCUT2D eigenvalue weighted by Gasteiger charge is 2.30. The van der Waals surface area contributed by atoms with Gasteiger partial charge in [0.15, 0.2) is 16.9 Å². The molecule has 0 fully saturated rings. The number of benzene rings is 3. The van der Waals surface area contributed by atoms with Crippen molar-refractivity contribution >= 4 is 28.7 Å². The van der Waals surface area contributed by atoms with Crippen LogP contribution in [0.25, 0.3) is 16.7 Å². The van der Waals surface area contributed by atoms with Gasteiger partial charge < -0.3 is 18.9 Å². The Balaban J connectivity index is 1.39. The van der Waals surface area contributed by atoms with Crippen molar-refractivity contribution < 1.29 is 14.3 Å². The number of pyridine rings is 1. The molecule has 0 N–H and O–H groups in total. The molecule has 1 amide bonds. The minimum Gasteiger partial charge on any atom is -0.493 e. The van der Waals surface area contributed by atoms with Crippen LogP contribution in [0.2, 0.25) is 0 Å². The number of carbonyl (C=O) groups excluding carboxylic acids is 1. The molecule has 6 rings (SSSR count). The Morgan fingerprint density at radius 3 is 2.53 bits per heavy atom. The number of thioether (sulfide) groups is 1. The van der Waals surface area contributed by atoms with Crippen LogP contribution >= 0.6 is 11.8 Å². The third kappa shape index (κ3) is 5.48. The van der Waals surface area contributed by atoms with Crippen LogP contribution < -0.4 is 14.9 Å². The average molecular weight is 593 g/mol. The van der Waals surface area contributed by atoms with E-state index in [1.54, 1.807) is 56.4 Å². The topological polar surface area (TPSA) is 86.6 Å². The molecule has 3 aromatic carbocycles. The molecule has 0 bridgehead atoms. The number of fused-ring (bicyclic) bond motifs is 4. The second-order valence-electron chi connectivity index (χ2n) is 10.6. The summed E-state index contributed by atoms with van der Waals surface area (Å²) in [6.45, 7) is 2.35. The van der Waals surface area contributed by atoms with E-state index in [1.165, 1.54) is 0 Å². The molecule has 9 heteroatoms. The molecule has 5 aromatic rings. The summed E-state index contributed by atoms with van der Waals surface area (Å²) < 4.78 is 12.9. The monoisotopic (exact) mass is 592 g/mol. The first-order valence-electron chi connectivity index (χ1n) is 14.1. The lowest BCUT2D eigenvalue weighted by Gasteiger charge is -2.23. The van der Waals surface area contributed by atoms with Gasteiger partial charge >= 0.3 is 0 Å². The third-order valence-electron chi connectivity index (χ3n) is 7.86. The number of methoxy groups -OCH3 is 2. The Kier molecular flexibility index (Phi) is 7.90. The molecule has 0 saturated carbocycles. The van der Waals surface area contributed by atoms with Crippen molar-refractivity contribution in [2.24, 2.45) is 0 Å². The van der Waals surface area contributed by atoms with Crippen LogP contribution in [0.5, 0.6) is 11.5 Å². The van der Waals surface area contributed by atoms with Gasteiger partial charge in [-0.05, 0) is 60.9 Å². The zero-order valence-electron chi connectivity index (χ0n) is 24.5. The van der Waals surface area contributed by atoms with Crippen LogP contribution in [0.1, 0.15) is 38.1 Å². The van der Waals surface area contributed by atoms with Gasteiger partial charge in [0.25, 0.3) is 5.91 Å². The SMILES string of the molecule is COc1ccc(CCN(C)C(=O)c2c3n(c(C)cc2=O)-c2ccccc2SC(c2ccc4nccnc4c2)C3)cc1OC. The molecule has 8 nitrogen and oxygen atoms in total. The van der Waals surface area contributed by atoms with E-state index in [0.29, 0.717) is 30.9 Å².